The second kappa shape index (κ2) is 7.85. The van der Waals surface area contributed by atoms with Crippen LogP contribution in [0.1, 0.15) is 37.9 Å². The van der Waals surface area contributed by atoms with Crippen LogP contribution in [0.2, 0.25) is 0 Å². The summed E-state index contributed by atoms with van der Waals surface area (Å²) >= 11 is 1.92. The molecule has 0 aliphatic carbocycles. The van der Waals surface area contributed by atoms with Crippen molar-refractivity contribution in [3.8, 4) is 0 Å². The van der Waals surface area contributed by atoms with Crippen LogP contribution in [-0.4, -0.2) is 19.1 Å². The Bertz CT molecular complexity index is 349. The number of thioether (sulfide) groups is 1. The molecule has 0 spiro atoms. The molecule has 1 rings (SSSR count). The Morgan fingerprint density at radius 3 is 2.50 bits per heavy atom. The fourth-order valence-corrected chi connectivity index (χ4v) is 3.24. The minimum absolute atomic E-state index is 0.463. The largest absolute Gasteiger partial charge is 0.313 e. The third-order valence-electron chi connectivity index (χ3n) is 3.26. The molecule has 2 atom stereocenters. The quantitative estimate of drug-likeness (QED) is 0.795. The Morgan fingerprint density at radius 2 is 1.94 bits per heavy atom. The number of rotatable bonds is 7. The van der Waals surface area contributed by atoms with Gasteiger partial charge in [-0.15, -0.1) is 0 Å². The average Bonchev–Trinajstić information content (AvgIpc) is 2.30. The van der Waals surface area contributed by atoms with Crippen LogP contribution in [0.15, 0.2) is 24.3 Å². The summed E-state index contributed by atoms with van der Waals surface area (Å²) in [5.41, 5.74) is 2.89. The van der Waals surface area contributed by atoms with E-state index in [1.807, 2.05) is 11.8 Å². The van der Waals surface area contributed by atoms with Gasteiger partial charge in [0.15, 0.2) is 0 Å². The minimum atomic E-state index is 0.463. The lowest BCUT2D eigenvalue weighted by Gasteiger charge is -2.24. The van der Waals surface area contributed by atoms with Gasteiger partial charge in [-0.25, -0.2) is 0 Å². The van der Waals surface area contributed by atoms with E-state index in [1.54, 1.807) is 0 Å². The highest BCUT2D eigenvalue weighted by Crippen LogP contribution is 2.25. The number of benzene rings is 1. The molecule has 18 heavy (non-hydrogen) atoms. The molecule has 1 aromatic carbocycles. The standard InChI is InChI=1S/C16H27NS/c1-12(2)9-14-7-6-8-15(10-14)16(17-4)13(3)11-18-5/h6-8,10,12-13,16-17H,9,11H2,1-5H3. The van der Waals surface area contributed by atoms with E-state index in [0.717, 1.165) is 5.92 Å². The van der Waals surface area contributed by atoms with Crippen LogP contribution in [0.4, 0.5) is 0 Å². The van der Waals surface area contributed by atoms with Crippen LogP contribution in [0.3, 0.4) is 0 Å². The Balaban J connectivity index is 2.85. The maximum atomic E-state index is 3.47. The molecule has 2 heteroatoms. The Hall–Kier alpha value is -0.470. The molecule has 2 unspecified atom stereocenters. The molecule has 1 nitrogen and oxygen atoms in total. The van der Waals surface area contributed by atoms with Gasteiger partial charge in [-0.2, -0.15) is 11.8 Å². The maximum absolute atomic E-state index is 3.47. The lowest BCUT2D eigenvalue weighted by molar-refractivity contribution is 0.449. The first kappa shape index (κ1) is 15.6. The molecule has 0 amide bonds. The second-order valence-corrected chi connectivity index (χ2v) is 6.45. The highest BCUT2D eigenvalue weighted by molar-refractivity contribution is 7.98. The summed E-state index contributed by atoms with van der Waals surface area (Å²) in [6.07, 6.45) is 3.35. The summed E-state index contributed by atoms with van der Waals surface area (Å²) in [7, 11) is 2.07. The summed E-state index contributed by atoms with van der Waals surface area (Å²) < 4.78 is 0. The Kier molecular flexibility index (Phi) is 6.80. The first-order chi connectivity index (χ1) is 8.58. The third kappa shape index (κ3) is 4.66. The molecule has 1 N–H and O–H groups in total. The topological polar surface area (TPSA) is 12.0 Å². The fraction of sp³-hybridized carbons (Fsp3) is 0.625. The molecular formula is C16H27NS. The highest BCUT2D eigenvalue weighted by Gasteiger charge is 2.17. The predicted molar refractivity (Wildman–Crippen MR) is 84.3 cm³/mol. The van der Waals surface area contributed by atoms with E-state index in [0.29, 0.717) is 12.0 Å². The van der Waals surface area contributed by atoms with Crippen molar-refractivity contribution in [3.63, 3.8) is 0 Å². The molecule has 0 saturated heterocycles. The van der Waals surface area contributed by atoms with Gasteiger partial charge < -0.3 is 5.32 Å². The molecule has 0 aromatic heterocycles. The zero-order valence-corrected chi connectivity index (χ0v) is 13.2. The van der Waals surface area contributed by atoms with E-state index in [9.17, 15) is 0 Å². The zero-order chi connectivity index (χ0) is 13.5. The maximum Gasteiger partial charge on any atom is 0.0351 e. The van der Waals surface area contributed by atoms with Gasteiger partial charge in [0.1, 0.15) is 0 Å². The highest BCUT2D eigenvalue weighted by atomic mass is 32.2. The van der Waals surface area contributed by atoms with E-state index >= 15 is 0 Å². The fourth-order valence-electron chi connectivity index (χ4n) is 2.52. The van der Waals surface area contributed by atoms with Gasteiger partial charge >= 0.3 is 0 Å². The van der Waals surface area contributed by atoms with Gasteiger partial charge in [0.2, 0.25) is 0 Å². The number of hydrogen-bond donors (Lipinski definition) is 1. The first-order valence-corrected chi connectivity index (χ1v) is 8.22. The van der Waals surface area contributed by atoms with Gasteiger partial charge in [-0.3, -0.25) is 0 Å². The number of nitrogens with one attached hydrogen (secondary N) is 1. The summed E-state index contributed by atoms with van der Waals surface area (Å²) in [5.74, 6) is 2.57. The summed E-state index contributed by atoms with van der Waals surface area (Å²) in [6.45, 7) is 6.88. The smallest absolute Gasteiger partial charge is 0.0351 e. The number of hydrogen-bond acceptors (Lipinski definition) is 2. The Morgan fingerprint density at radius 1 is 1.22 bits per heavy atom. The van der Waals surface area contributed by atoms with E-state index < -0.39 is 0 Å². The monoisotopic (exact) mass is 265 g/mol. The lowest BCUT2D eigenvalue weighted by Crippen LogP contribution is -2.25. The van der Waals surface area contributed by atoms with E-state index in [1.165, 1.54) is 23.3 Å². The molecule has 0 bridgehead atoms. The molecule has 0 aliphatic rings. The predicted octanol–water partition coefficient (Wildman–Crippen LogP) is 4.14. The zero-order valence-electron chi connectivity index (χ0n) is 12.4. The molecular weight excluding hydrogens is 238 g/mol. The average molecular weight is 265 g/mol. The van der Waals surface area contributed by atoms with Gasteiger partial charge in [0.25, 0.3) is 0 Å². The SMILES string of the molecule is CNC(c1cccc(CC(C)C)c1)C(C)CSC. The van der Waals surface area contributed by atoms with E-state index in [2.05, 4.69) is 63.7 Å². The van der Waals surface area contributed by atoms with Gasteiger partial charge in [-0.05, 0) is 48.4 Å². The van der Waals surface area contributed by atoms with Gasteiger partial charge in [-0.1, -0.05) is 45.0 Å². The molecule has 0 aliphatic heterocycles. The first-order valence-electron chi connectivity index (χ1n) is 6.83. The van der Waals surface area contributed by atoms with Crippen molar-refractivity contribution >= 4 is 11.8 Å². The van der Waals surface area contributed by atoms with Crippen molar-refractivity contribution < 1.29 is 0 Å². The minimum Gasteiger partial charge on any atom is -0.313 e. The van der Waals surface area contributed by atoms with Crippen molar-refractivity contribution in [2.75, 3.05) is 19.1 Å². The van der Waals surface area contributed by atoms with Crippen LogP contribution in [-0.2, 0) is 6.42 Å². The molecule has 1 aromatic rings. The third-order valence-corrected chi connectivity index (χ3v) is 4.12. The molecule has 102 valence electrons. The van der Waals surface area contributed by atoms with Crippen LogP contribution in [0, 0.1) is 11.8 Å². The van der Waals surface area contributed by atoms with Crippen molar-refractivity contribution in [2.24, 2.45) is 11.8 Å². The molecule has 0 saturated carbocycles. The van der Waals surface area contributed by atoms with Gasteiger partial charge in [0, 0.05) is 6.04 Å². The summed E-state index contributed by atoms with van der Waals surface area (Å²) in [5, 5.41) is 3.47. The van der Waals surface area contributed by atoms with Crippen molar-refractivity contribution in [3.05, 3.63) is 35.4 Å². The second-order valence-electron chi connectivity index (χ2n) is 5.54. The molecule has 0 fully saturated rings. The summed E-state index contributed by atoms with van der Waals surface area (Å²) in [4.78, 5) is 0. The molecule has 0 radical (unpaired) electrons. The van der Waals surface area contributed by atoms with Crippen molar-refractivity contribution in [2.45, 2.75) is 33.2 Å². The van der Waals surface area contributed by atoms with Crippen LogP contribution in [0.5, 0.6) is 0 Å². The van der Waals surface area contributed by atoms with Crippen molar-refractivity contribution in [1.82, 2.24) is 5.32 Å². The van der Waals surface area contributed by atoms with Gasteiger partial charge in [0.05, 0.1) is 0 Å². The van der Waals surface area contributed by atoms with Crippen LogP contribution < -0.4 is 5.32 Å². The van der Waals surface area contributed by atoms with Crippen LogP contribution in [0.25, 0.3) is 0 Å². The van der Waals surface area contributed by atoms with E-state index in [-0.39, 0.29) is 0 Å². The van der Waals surface area contributed by atoms with E-state index in [4.69, 9.17) is 0 Å². The normalized spacial score (nSPS) is 14.8. The van der Waals surface area contributed by atoms with Crippen LogP contribution >= 0.6 is 11.8 Å². The molecule has 0 heterocycles. The Labute approximate surface area is 117 Å². The summed E-state index contributed by atoms with van der Waals surface area (Å²) in [6, 6.07) is 9.53. The lowest BCUT2D eigenvalue weighted by atomic mass is 9.93. The van der Waals surface area contributed by atoms with Crippen molar-refractivity contribution in [1.29, 1.82) is 0 Å².